The molecule has 1 fully saturated rings. The second kappa shape index (κ2) is 26.1. The topological polar surface area (TPSA) is 361 Å². The molecule has 1 amide bonds. The highest BCUT2D eigenvalue weighted by Gasteiger charge is 2.46. The molecule has 420 valence electrons. The molecule has 0 spiro atoms. The zero-order chi connectivity index (χ0) is 55.6. The van der Waals surface area contributed by atoms with Gasteiger partial charge in [0.2, 0.25) is 11.6 Å². The van der Waals surface area contributed by atoms with E-state index in [4.69, 9.17) is 14.2 Å². The zero-order valence-electron chi connectivity index (χ0n) is 42.0. The van der Waals surface area contributed by atoms with Gasteiger partial charge in [-0.2, -0.15) is 38.2 Å². The van der Waals surface area contributed by atoms with Gasteiger partial charge >= 0.3 is 0 Å². The Hall–Kier alpha value is -4.04. The average molecular weight is 1140 g/mol. The van der Waals surface area contributed by atoms with Gasteiger partial charge in [-0.05, 0) is 101 Å². The monoisotopic (exact) mass is 1140 g/mol. The third-order valence-corrected chi connectivity index (χ3v) is 16.8. The Balaban J connectivity index is 1.28. The fraction of sp³-hybridized carbons (Fsp3) is 0.583. The van der Waals surface area contributed by atoms with E-state index in [9.17, 15) is 77.1 Å². The highest BCUT2D eigenvalue weighted by Crippen LogP contribution is 2.51. The van der Waals surface area contributed by atoms with Gasteiger partial charge in [0.1, 0.15) is 31.0 Å². The average Bonchev–Trinajstić information content (AvgIpc) is 3.68. The molecule has 75 heavy (non-hydrogen) atoms. The number of carbonyl (C=O) groups is 1. The quantitative estimate of drug-likeness (QED) is 0.0245. The van der Waals surface area contributed by atoms with E-state index < -0.39 is 100 Å². The maximum atomic E-state index is 12.6. The van der Waals surface area contributed by atoms with E-state index in [1.54, 1.807) is 30.4 Å². The zero-order valence-corrected chi connectivity index (χ0v) is 45.2. The van der Waals surface area contributed by atoms with Crippen LogP contribution in [0.3, 0.4) is 0 Å². The van der Waals surface area contributed by atoms with Crippen molar-refractivity contribution < 1.29 is 95.9 Å². The van der Waals surface area contributed by atoms with E-state index in [0.717, 1.165) is 11.4 Å². The number of anilines is 1. The van der Waals surface area contributed by atoms with Crippen LogP contribution in [0.25, 0.3) is 0 Å². The van der Waals surface area contributed by atoms with E-state index in [2.05, 4.69) is 5.32 Å². The standard InChI is InChI=1S/C48H69N3O20S4/c1-47(2)35-30-33(74(63,64)65)17-19-37(35)50(23-10-5-8-16-42(53)49-22-25-69-26-27-70-46-45(56)44(55)43(54)39(32-52)71-46)40(47)14-6-4-7-15-41-48(3,21-9-12-28-72(57,58)59)36-31-34(75(66,67)68)18-20-38(36)51(41)24-11-13-29-73(60,61)62/h4,6-7,14-15,17-20,30-31,39,43-46,52,54-56H,5,8-13,16,21-29,32H2,1-3H3,(H4-,49,53,57,58,59,60,61,62,63,64,65,66,67,68)/p+1. The summed E-state index contributed by atoms with van der Waals surface area (Å²) in [6, 6.07) is 8.49. The number of nitrogens with zero attached hydrogens (tertiary/aromatic N) is 2. The van der Waals surface area contributed by atoms with Crippen molar-refractivity contribution in [3.8, 4) is 0 Å². The molecule has 0 bridgehead atoms. The lowest BCUT2D eigenvalue weighted by Crippen LogP contribution is -2.59. The van der Waals surface area contributed by atoms with Gasteiger partial charge in [0, 0.05) is 60.4 Å². The molecule has 0 radical (unpaired) electrons. The van der Waals surface area contributed by atoms with Crippen molar-refractivity contribution in [1.82, 2.24) is 5.32 Å². The number of nitrogens with one attached hydrogen (secondary N) is 1. The van der Waals surface area contributed by atoms with Gasteiger partial charge in [-0.25, -0.2) is 0 Å². The number of benzene rings is 2. The second-order valence-corrected chi connectivity index (χ2v) is 25.3. The van der Waals surface area contributed by atoms with Crippen LogP contribution in [-0.2, 0) is 70.3 Å². The van der Waals surface area contributed by atoms with E-state index in [0.29, 0.717) is 48.3 Å². The molecular formula is C48H70N3O20S4+. The third-order valence-electron chi connectivity index (χ3n) is 13.5. The summed E-state index contributed by atoms with van der Waals surface area (Å²) in [7, 11) is -17.7. The fourth-order valence-electron chi connectivity index (χ4n) is 9.54. The van der Waals surface area contributed by atoms with Crippen LogP contribution in [0, 0.1) is 0 Å². The van der Waals surface area contributed by atoms with Gasteiger partial charge in [0.15, 0.2) is 12.0 Å². The minimum atomic E-state index is -4.65. The van der Waals surface area contributed by atoms with E-state index in [-0.39, 0.29) is 87.1 Å². The van der Waals surface area contributed by atoms with Crippen LogP contribution in [0.1, 0.15) is 89.7 Å². The van der Waals surface area contributed by atoms with Crippen molar-refractivity contribution in [2.24, 2.45) is 0 Å². The van der Waals surface area contributed by atoms with Crippen molar-refractivity contribution in [2.45, 2.75) is 130 Å². The molecule has 0 aromatic heterocycles. The third kappa shape index (κ3) is 16.7. The Kier molecular flexibility index (Phi) is 21.5. The molecule has 27 heteroatoms. The van der Waals surface area contributed by atoms with Gasteiger partial charge in [0.25, 0.3) is 40.5 Å². The number of ether oxygens (including phenoxy) is 3. The summed E-state index contributed by atoms with van der Waals surface area (Å²) < 4.78 is 152. The number of fused-ring (bicyclic) bond motifs is 2. The fourth-order valence-corrected chi connectivity index (χ4v) is 11.7. The molecule has 3 aliphatic rings. The molecule has 5 rings (SSSR count). The number of amides is 1. The summed E-state index contributed by atoms with van der Waals surface area (Å²) in [6.45, 7) is 6.16. The molecule has 2 aromatic rings. The predicted molar refractivity (Wildman–Crippen MR) is 274 cm³/mol. The predicted octanol–water partition coefficient (Wildman–Crippen LogP) is 2.57. The first-order valence-corrected chi connectivity index (χ1v) is 30.5. The number of hydrogen-bond donors (Lipinski definition) is 9. The summed E-state index contributed by atoms with van der Waals surface area (Å²) in [5.74, 6) is -1.19. The molecule has 0 saturated carbocycles. The van der Waals surface area contributed by atoms with Crippen molar-refractivity contribution in [3.63, 3.8) is 0 Å². The Labute approximate surface area is 438 Å². The Morgan fingerprint density at radius 1 is 0.747 bits per heavy atom. The summed E-state index contributed by atoms with van der Waals surface area (Å²) >= 11 is 0. The molecule has 0 aliphatic carbocycles. The minimum absolute atomic E-state index is 0.0395. The van der Waals surface area contributed by atoms with Crippen LogP contribution in [-0.4, -0.2) is 177 Å². The second-order valence-electron chi connectivity index (χ2n) is 19.3. The van der Waals surface area contributed by atoms with Crippen molar-refractivity contribution in [2.75, 3.05) is 62.5 Å². The van der Waals surface area contributed by atoms with Crippen LogP contribution >= 0.6 is 0 Å². The molecule has 3 aliphatic heterocycles. The molecule has 6 atom stereocenters. The number of unbranched alkanes of at least 4 members (excludes halogenated alkanes) is 4. The Morgan fingerprint density at radius 3 is 2.03 bits per heavy atom. The smallest absolute Gasteiger partial charge is 0.294 e. The molecule has 6 unspecified atom stereocenters. The normalized spacial score (nSPS) is 23.7. The summed E-state index contributed by atoms with van der Waals surface area (Å²) in [5, 5.41) is 42.0. The first-order valence-electron chi connectivity index (χ1n) is 24.4. The van der Waals surface area contributed by atoms with Gasteiger partial charge in [0.05, 0.1) is 53.1 Å². The van der Waals surface area contributed by atoms with E-state index >= 15 is 0 Å². The highest BCUT2D eigenvalue weighted by atomic mass is 32.2. The molecule has 9 N–H and O–H groups in total. The number of aliphatic hydroxyl groups is 4. The first-order chi connectivity index (χ1) is 35.0. The maximum Gasteiger partial charge on any atom is 0.294 e. The molecule has 23 nitrogen and oxygen atoms in total. The SMILES string of the molecule is CC1(C)C(C=CC=CC=C2N(CCCCS(=O)(=O)O)c3ccc(S(=O)(=O)O)cc3C2(C)CCCCS(=O)(=O)O)=[N+](CCCCCC(=O)NCCOCCOC2OC(CO)C(O)C(O)C2O)c2ccc(S(=O)(=O)O)cc21. The summed E-state index contributed by atoms with van der Waals surface area (Å²) in [4.78, 5) is 13.9. The van der Waals surface area contributed by atoms with Gasteiger partial charge < -0.3 is 44.9 Å². The first kappa shape index (κ1) is 61.8. The number of allylic oxidation sites excluding steroid dienone is 6. The number of carbonyl (C=O) groups excluding carboxylic acids is 1. The highest BCUT2D eigenvalue weighted by molar-refractivity contribution is 7.86. The van der Waals surface area contributed by atoms with Crippen molar-refractivity contribution in [3.05, 3.63) is 83.6 Å². The van der Waals surface area contributed by atoms with Crippen LogP contribution in [0.4, 0.5) is 11.4 Å². The molecular weight excluding hydrogens is 1070 g/mol. The van der Waals surface area contributed by atoms with Crippen LogP contribution < -0.4 is 10.2 Å². The molecule has 3 heterocycles. The largest absolute Gasteiger partial charge is 0.394 e. The minimum Gasteiger partial charge on any atom is -0.394 e. The summed E-state index contributed by atoms with van der Waals surface area (Å²) in [5.41, 5.74) is 2.08. The van der Waals surface area contributed by atoms with Crippen molar-refractivity contribution in [1.29, 1.82) is 0 Å². The lowest BCUT2D eigenvalue weighted by atomic mass is 9.77. The Bertz CT molecular complexity index is 2920. The van der Waals surface area contributed by atoms with Crippen molar-refractivity contribution >= 4 is 63.5 Å². The molecule has 2 aromatic carbocycles. The summed E-state index contributed by atoms with van der Waals surface area (Å²) in [6.07, 6.45) is 4.96. The van der Waals surface area contributed by atoms with Crippen LogP contribution in [0.5, 0.6) is 0 Å². The Morgan fingerprint density at radius 2 is 1.39 bits per heavy atom. The van der Waals surface area contributed by atoms with Gasteiger partial charge in [-0.15, -0.1) is 0 Å². The van der Waals surface area contributed by atoms with E-state index in [1.165, 1.54) is 30.3 Å². The van der Waals surface area contributed by atoms with Crippen LogP contribution in [0.2, 0.25) is 0 Å². The lowest BCUT2D eigenvalue weighted by molar-refractivity contribution is -0.438. The van der Waals surface area contributed by atoms with Gasteiger partial charge in [-0.3, -0.25) is 23.0 Å². The number of hydrogen-bond acceptors (Lipinski definition) is 17. The van der Waals surface area contributed by atoms with E-state index in [1.807, 2.05) is 36.3 Å². The number of aliphatic hydroxyl groups excluding tert-OH is 4. The maximum absolute atomic E-state index is 12.6. The van der Waals surface area contributed by atoms with Crippen LogP contribution in [0.15, 0.2) is 82.3 Å². The molecule has 1 saturated heterocycles. The number of rotatable bonds is 29. The van der Waals surface area contributed by atoms with Gasteiger partial charge in [-0.1, -0.05) is 24.6 Å². The lowest BCUT2D eigenvalue weighted by Gasteiger charge is -2.39.